The highest BCUT2D eigenvalue weighted by Gasteiger charge is 2.24. The molecule has 1 rings (SSSR count). The van der Waals surface area contributed by atoms with Gasteiger partial charge in [0.05, 0.1) is 0 Å². The molecule has 3 heteroatoms. The number of aliphatic carboxylic acids is 1. The lowest BCUT2D eigenvalue weighted by Crippen LogP contribution is -2.00. The van der Waals surface area contributed by atoms with Crippen LogP contribution in [0.2, 0.25) is 0 Å². The molecule has 1 aliphatic heterocycles. The second kappa shape index (κ2) is 2.43. The van der Waals surface area contributed by atoms with E-state index in [1.54, 1.807) is 11.8 Å². The minimum Gasteiger partial charge on any atom is -0.478 e. The molecule has 1 fully saturated rings. The highest BCUT2D eigenvalue weighted by molar-refractivity contribution is 8.06. The Morgan fingerprint density at radius 1 is 1.89 bits per heavy atom. The summed E-state index contributed by atoms with van der Waals surface area (Å²) >= 11 is 1.79. The standard InChI is InChI=1S/C6H8O2S/c1-4(6(7)8)2-5-3-9-5/h5H,1-3H2,(H,7,8). The fraction of sp³-hybridized carbons (Fsp3) is 0.500. The molecular weight excluding hydrogens is 136 g/mol. The molecule has 1 unspecified atom stereocenters. The summed E-state index contributed by atoms with van der Waals surface area (Å²) in [7, 11) is 0. The van der Waals surface area contributed by atoms with Gasteiger partial charge in [0.15, 0.2) is 0 Å². The third kappa shape index (κ3) is 2.10. The van der Waals surface area contributed by atoms with Gasteiger partial charge in [-0.3, -0.25) is 0 Å². The van der Waals surface area contributed by atoms with Crippen LogP contribution < -0.4 is 0 Å². The van der Waals surface area contributed by atoms with E-state index < -0.39 is 5.97 Å². The molecule has 0 saturated carbocycles. The summed E-state index contributed by atoms with van der Waals surface area (Å²) in [6, 6.07) is 0. The number of carboxylic acids is 1. The van der Waals surface area contributed by atoms with Crippen molar-refractivity contribution < 1.29 is 9.90 Å². The second-order valence-electron chi connectivity index (χ2n) is 2.07. The first-order chi connectivity index (χ1) is 4.20. The first-order valence-electron chi connectivity index (χ1n) is 2.73. The van der Waals surface area contributed by atoms with Gasteiger partial charge >= 0.3 is 5.97 Å². The van der Waals surface area contributed by atoms with Crippen LogP contribution in [0.25, 0.3) is 0 Å². The molecule has 0 bridgehead atoms. The van der Waals surface area contributed by atoms with E-state index in [2.05, 4.69) is 6.58 Å². The molecule has 0 radical (unpaired) electrons. The lowest BCUT2D eigenvalue weighted by atomic mass is 10.2. The van der Waals surface area contributed by atoms with E-state index in [1.165, 1.54) is 0 Å². The van der Waals surface area contributed by atoms with Gasteiger partial charge in [-0.05, 0) is 6.42 Å². The second-order valence-corrected chi connectivity index (χ2v) is 3.40. The van der Waals surface area contributed by atoms with Gasteiger partial charge in [-0.25, -0.2) is 4.79 Å². The van der Waals surface area contributed by atoms with E-state index in [1.807, 2.05) is 0 Å². The van der Waals surface area contributed by atoms with Gasteiger partial charge < -0.3 is 5.11 Å². The van der Waals surface area contributed by atoms with Crippen molar-refractivity contribution in [3.05, 3.63) is 12.2 Å². The number of carbonyl (C=O) groups is 1. The van der Waals surface area contributed by atoms with Gasteiger partial charge in [0, 0.05) is 16.6 Å². The molecule has 0 aromatic heterocycles. The van der Waals surface area contributed by atoms with Crippen molar-refractivity contribution in [2.75, 3.05) is 5.75 Å². The Morgan fingerprint density at radius 3 is 2.78 bits per heavy atom. The molecule has 1 aliphatic rings. The average molecular weight is 144 g/mol. The van der Waals surface area contributed by atoms with Crippen molar-refractivity contribution in [3.8, 4) is 0 Å². The summed E-state index contributed by atoms with van der Waals surface area (Å²) in [6.45, 7) is 3.42. The summed E-state index contributed by atoms with van der Waals surface area (Å²) in [4.78, 5) is 10.2. The molecule has 0 aliphatic carbocycles. The third-order valence-corrected chi connectivity index (χ3v) is 2.15. The van der Waals surface area contributed by atoms with Gasteiger partial charge in [-0.2, -0.15) is 11.8 Å². The van der Waals surface area contributed by atoms with Gasteiger partial charge in [0.1, 0.15) is 0 Å². The molecule has 1 heterocycles. The van der Waals surface area contributed by atoms with Crippen LogP contribution in [0, 0.1) is 0 Å². The Hall–Kier alpha value is -0.440. The zero-order chi connectivity index (χ0) is 6.85. The molecule has 1 saturated heterocycles. The van der Waals surface area contributed by atoms with Crippen LogP contribution in [-0.4, -0.2) is 22.1 Å². The minimum atomic E-state index is -0.859. The van der Waals surface area contributed by atoms with Crippen molar-refractivity contribution in [1.82, 2.24) is 0 Å². The highest BCUT2D eigenvalue weighted by atomic mass is 32.2. The minimum absolute atomic E-state index is 0.338. The van der Waals surface area contributed by atoms with E-state index in [9.17, 15) is 4.79 Å². The van der Waals surface area contributed by atoms with Crippen LogP contribution in [-0.2, 0) is 4.79 Å². The SMILES string of the molecule is C=C(CC1CS1)C(=O)O. The lowest BCUT2D eigenvalue weighted by Gasteiger charge is -1.93. The number of carboxylic acid groups (broad SMARTS) is 1. The number of rotatable bonds is 3. The van der Waals surface area contributed by atoms with Gasteiger partial charge in [0.2, 0.25) is 0 Å². The first-order valence-corrected chi connectivity index (χ1v) is 3.77. The van der Waals surface area contributed by atoms with Gasteiger partial charge in [-0.15, -0.1) is 0 Å². The lowest BCUT2D eigenvalue weighted by molar-refractivity contribution is -0.132. The first kappa shape index (κ1) is 6.68. The zero-order valence-corrected chi connectivity index (χ0v) is 5.78. The van der Waals surface area contributed by atoms with Crippen LogP contribution >= 0.6 is 11.8 Å². The molecule has 50 valence electrons. The Labute approximate surface area is 57.9 Å². The largest absolute Gasteiger partial charge is 0.478 e. The van der Waals surface area contributed by atoms with Gasteiger partial charge in [-0.1, -0.05) is 6.58 Å². The van der Waals surface area contributed by atoms with Crippen LogP contribution in [0.1, 0.15) is 6.42 Å². The van der Waals surface area contributed by atoms with Crippen molar-refractivity contribution >= 4 is 17.7 Å². The van der Waals surface area contributed by atoms with Crippen LogP contribution in [0.15, 0.2) is 12.2 Å². The third-order valence-electron chi connectivity index (χ3n) is 1.18. The van der Waals surface area contributed by atoms with Crippen molar-refractivity contribution in [3.63, 3.8) is 0 Å². The van der Waals surface area contributed by atoms with E-state index in [0.717, 1.165) is 5.75 Å². The molecule has 0 aromatic carbocycles. The maximum absolute atomic E-state index is 10.2. The number of hydrogen-bond acceptors (Lipinski definition) is 2. The Kier molecular flexibility index (Phi) is 1.81. The monoisotopic (exact) mass is 144 g/mol. The molecule has 1 atom stereocenters. The Bertz CT molecular complexity index is 149. The predicted octanol–water partition coefficient (Wildman–Crippen LogP) is 1.13. The topological polar surface area (TPSA) is 37.3 Å². The smallest absolute Gasteiger partial charge is 0.330 e. The summed E-state index contributed by atoms with van der Waals surface area (Å²) in [5, 5.41) is 8.90. The van der Waals surface area contributed by atoms with E-state index >= 15 is 0 Å². The molecule has 2 nitrogen and oxygen atoms in total. The number of thioether (sulfide) groups is 1. The quantitative estimate of drug-likeness (QED) is 0.476. The number of hydrogen-bond donors (Lipinski definition) is 1. The normalized spacial score (nSPS) is 23.3. The predicted molar refractivity (Wildman–Crippen MR) is 37.6 cm³/mol. The average Bonchev–Trinajstić information content (AvgIpc) is 2.50. The summed E-state index contributed by atoms with van der Waals surface area (Å²) in [5.41, 5.74) is 0.338. The Balaban J connectivity index is 2.25. The molecule has 0 spiro atoms. The van der Waals surface area contributed by atoms with Crippen molar-refractivity contribution in [2.45, 2.75) is 11.7 Å². The fourth-order valence-corrected chi connectivity index (χ4v) is 1.12. The summed E-state index contributed by atoms with van der Waals surface area (Å²) in [5.74, 6) is 0.245. The highest BCUT2D eigenvalue weighted by Crippen LogP contribution is 2.34. The summed E-state index contributed by atoms with van der Waals surface area (Å²) in [6.07, 6.45) is 0.653. The molecule has 0 aromatic rings. The summed E-state index contributed by atoms with van der Waals surface area (Å²) < 4.78 is 0. The zero-order valence-electron chi connectivity index (χ0n) is 4.96. The Morgan fingerprint density at radius 2 is 2.44 bits per heavy atom. The molecule has 9 heavy (non-hydrogen) atoms. The maximum atomic E-state index is 10.2. The maximum Gasteiger partial charge on any atom is 0.330 e. The van der Waals surface area contributed by atoms with Gasteiger partial charge in [0.25, 0.3) is 0 Å². The molecule has 0 amide bonds. The van der Waals surface area contributed by atoms with E-state index in [4.69, 9.17) is 5.11 Å². The van der Waals surface area contributed by atoms with E-state index in [-0.39, 0.29) is 0 Å². The molecule has 1 N–H and O–H groups in total. The van der Waals surface area contributed by atoms with Crippen molar-refractivity contribution in [1.29, 1.82) is 0 Å². The van der Waals surface area contributed by atoms with Crippen LogP contribution in [0.5, 0.6) is 0 Å². The van der Waals surface area contributed by atoms with E-state index in [0.29, 0.717) is 17.2 Å². The molecular formula is C6H8O2S. The van der Waals surface area contributed by atoms with Crippen LogP contribution in [0.4, 0.5) is 0 Å². The fourth-order valence-electron chi connectivity index (χ4n) is 0.548. The van der Waals surface area contributed by atoms with Crippen molar-refractivity contribution in [2.24, 2.45) is 0 Å². The van der Waals surface area contributed by atoms with Crippen LogP contribution in [0.3, 0.4) is 0 Å².